The number of aryl methyl sites for hydroxylation is 1. The van der Waals surface area contributed by atoms with Crippen molar-refractivity contribution in [3.63, 3.8) is 0 Å². The van der Waals surface area contributed by atoms with Crippen molar-refractivity contribution in [2.24, 2.45) is 0 Å². The van der Waals surface area contributed by atoms with Gasteiger partial charge in [-0.3, -0.25) is 9.59 Å². The minimum absolute atomic E-state index is 0.0834. The van der Waals surface area contributed by atoms with Gasteiger partial charge in [0.15, 0.2) is 0 Å². The molecule has 1 heterocycles. The number of hydrogen-bond donors (Lipinski definition) is 1. The number of imidazole rings is 1. The Morgan fingerprint density at radius 2 is 1.78 bits per heavy atom. The SMILES string of the molecule is CCC(C)N(C(=O)Cn1c(CCCCCNC(=O)COC)nc2ccccc21)C(C)CC. The van der Waals surface area contributed by atoms with Gasteiger partial charge in [-0.15, -0.1) is 0 Å². The van der Waals surface area contributed by atoms with Gasteiger partial charge in [0.2, 0.25) is 11.8 Å². The highest BCUT2D eigenvalue weighted by molar-refractivity contribution is 5.81. The zero-order valence-corrected chi connectivity index (χ0v) is 20.4. The Kier molecular flexibility index (Phi) is 10.7. The van der Waals surface area contributed by atoms with Gasteiger partial charge in [0.05, 0.1) is 11.0 Å². The van der Waals surface area contributed by atoms with E-state index in [0.29, 0.717) is 13.1 Å². The zero-order chi connectivity index (χ0) is 23.5. The average molecular weight is 445 g/mol. The summed E-state index contributed by atoms with van der Waals surface area (Å²) in [5.41, 5.74) is 1.94. The molecule has 1 N–H and O–H groups in total. The molecule has 7 nitrogen and oxygen atoms in total. The van der Waals surface area contributed by atoms with E-state index in [1.165, 1.54) is 7.11 Å². The first kappa shape index (κ1) is 25.8. The topological polar surface area (TPSA) is 76.5 Å². The molecule has 0 aliphatic carbocycles. The molecule has 0 aliphatic heterocycles. The Morgan fingerprint density at radius 1 is 1.09 bits per heavy atom. The first-order valence-corrected chi connectivity index (χ1v) is 11.9. The number of aromatic nitrogens is 2. The van der Waals surface area contributed by atoms with E-state index in [-0.39, 0.29) is 30.5 Å². The maximum absolute atomic E-state index is 13.4. The minimum Gasteiger partial charge on any atom is -0.375 e. The number of unbranched alkanes of at least 4 members (excludes halogenated alkanes) is 2. The van der Waals surface area contributed by atoms with Crippen molar-refractivity contribution in [2.45, 2.75) is 84.8 Å². The lowest BCUT2D eigenvalue weighted by atomic mass is 10.1. The van der Waals surface area contributed by atoms with Crippen LogP contribution in [0.1, 0.15) is 65.6 Å². The highest BCUT2D eigenvalue weighted by Crippen LogP contribution is 2.20. The second-order valence-corrected chi connectivity index (χ2v) is 8.51. The number of ether oxygens (including phenoxy) is 1. The Morgan fingerprint density at radius 3 is 2.44 bits per heavy atom. The molecule has 0 spiro atoms. The predicted octanol–water partition coefficient (Wildman–Crippen LogP) is 3.94. The fraction of sp³-hybridized carbons (Fsp3) is 0.640. The molecule has 2 unspecified atom stereocenters. The Labute approximate surface area is 192 Å². The number of nitrogens with one attached hydrogen (secondary N) is 1. The maximum Gasteiger partial charge on any atom is 0.245 e. The third kappa shape index (κ3) is 7.05. The lowest BCUT2D eigenvalue weighted by molar-refractivity contribution is -0.136. The van der Waals surface area contributed by atoms with Gasteiger partial charge in [-0.25, -0.2) is 4.98 Å². The van der Waals surface area contributed by atoms with Crippen molar-refractivity contribution in [2.75, 3.05) is 20.3 Å². The molecule has 0 radical (unpaired) electrons. The van der Waals surface area contributed by atoms with Crippen LogP contribution in [0.2, 0.25) is 0 Å². The molecule has 0 bridgehead atoms. The number of carbonyl (C=O) groups is 2. The van der Waals surface area contributed by atoms with Crippen LogP contribution in [0.4, 0.5) is 0 Å². The van der Waals surface area contributed by atoms with E-state index in [9.17, 15) is 9.59 Å². The van der Waals surface area contributed by atoms with E-state index in [2.05, 4.69) is 37.6 Å². The molecule has 32 heavy (non-hydrogen) atoms. The quantitative estimate of drug-likeness (QED) is 0.448. The summed E-state index contributed by atoms with van der Waals surface area (Å²) in [4.78, 5) is 31.7. The number of rotatable bonds is 14. The minimum atomic E-state index is -0.0834. The molecule has 2 aromatic rings. The molecule has 0 saturated heterocycles. The molecule has 2 atom stereocenters. The van der Waals surface area contributed by atoms with Crippen molar-refractivity contribution < 1.29 is 14.3 Å². The van der Waals surface area contributed by atoms with Gasteiger partial charge >= 0.3 is 0 Å². The van der Waals surface area contributed by atoms with E-state index in [4.69, 9.17) is 9.72 Å². The Balaban J connectivity index is 2.07. The number of fused-ring (bicyclic) bond motifs is 1. The Bertz CT molecular complexity index is 854. The molecule has 2 amide bonds. The van der Waals surface area contributed by atoms with E-state index >= 15 is 0 Å². The molecule has 2 rings (SSSR count). The van der Waals surface area contributed by atoms with Crippen molar-refractivity contribution in [1.29, 1.82) is 0 Å². The lowest BCUT2D eigenvalue weighted by Crippen LogP contribution is -2.45. The van der Waals surface area contributed by atoms with Crippen molar-refractivity contribution in [1.82, 2.24) is 19.8 Å². The highest BCUT2D eigenvalue weighted by Gasteiger charge is 2.25. The second kappa shape index (κ2) is 13.2. The lowest BCUT2D eigenvalue weighted by Gasteiger charge is -2.34. The fourth-order valence-corrected chi connectivity index (χ4v) is 4.02. The van der Waals surface area contributed by atoms with Gasteiger partial charge in [-0.05, 0) is 51.7 Å². The molecule has 7 heteroatoms. The van der Waals surface area contributed by atoms with Gasteiger partial charge in [0.25, 0.3) is 0 Å². The number of carbonyl (C=O) groups excluding carboxylic acids is 2. The van der Waals surface area contributed by atoms with E-state index < -0.39 is 0 Å². The van der Waals surface area contributed by atoms with Gasteiger partial charge in [0.1, 0.15) is 19.0 Å². The summed E-state index contributed by atoms with van der Waals surface area (Å²) < 4.78 is 6.91. The van der Waals surface area contributed by atoms with Crippen LogP contribution in [-0.4, -0.2) is 58.6 Å². The third-order valence-electron chi connectivity index (χ3n) is 6.12. The number of amides is 2. The standard InChI is InChI=1S/C25H40N4O3/c1-6-19(3)29(20(4)7-2)25(31)17-28-22-14-11-10-13-21(22)27-23(28)15-9-8-12-16-26-24(30)18-32-5/h10-11,13-14,19-20H,6-9,12,15-18H2,1-5H3,(H,26,30). The summed E-state index contributed by atoms with van der Waals surface area (Å²) in [5.74, 6) is 1.02. The van der Waals surface area contributed by atoms with Crippen LogP contribution in [0.5, 0.6) is 0 Å². The van der Waals surface area contributed by atoms with Crippen LogP contribution >= 0.6 is 0 Å². The van der Waals surface area contributed by atoms with Crippen LogP contribution in [0.15, 0.2) is 24.3 Å². The van der Waals surface area contributed by atoms with Gasteiger partial charge < -0.3 is 19.5 Å². The summed E-state index contributed by atoms with van der Waals surface area (Å²) in [7, 11) is 1.52. The molecule has 178 valence electrons. The fourth-order valence-electron chi connectivity index (χ4n) is 4.02. The van der Waals surface area contributed by atoms with Crippen LogP contribution in [0.25, 0.3) is 11.0 Å². The van der Waals surface area contributed by atoms with Crippen LogP contribution in [0, 0.1) is 0 Å². The van der Waals surface area contributed by atoms with Crippen molar-refractivity contribution in [3.05, 3.63) is 30.1 Å². The van der Waals surface area contributed by atoms with Crippen LogP contribution in [-0.2, 0) is 27.3 Å². The summed E-state index contributed by atoms with van der Waals surface area (Å²) in [6, 6.07) is 8.46. The summed E-state index contributed by atoms with van der Waals surface area (Å²) in [5, 5.41) is 2.85. The smallest absolute Gasteiger partial charge is 0.245 e. The van der Waals surface area contributed by atoms with Crippen LogP contribution in [0.3, 0.4) is 0 Å². The first-order chi connectivity index (χ1) is 15.4. The number of para-hydroxylation sites is 2. The molecular weight excluding hydrogens is 404 g/mol. The molecule has 1 aromatic heterocycles. The van der Waals surface area contributed by atoms with Gasteiger partial charge in [-0.2, -0.15) is 0 Å². The summed E-state index contributed by atoms with van der Waals surface area (Å²) in [6.45, 7) is 9.58. The van der Waals surface area contributed by atoms with Crippen molar-refractivity contribution in [3.8, 4) is 0 Å². The third-order valence-corrected chi connectivity index (χ3v) is 6.12. The average Bonchev–Trinajstić information content (AvgIpc) is 3.13. The number of methoxy groups -OCH3 is 1. The van der Waals surface area contributed by atoms with Gasteiger partial charge in [-0.1, -0.05) is 32.4 Å². The number of benzene rings is 1. The second-order valence-electron chi connectivity index (χ2n) is 8.51. The van der Waals surface area contributed by atoms with Gasteiger partial charge in [0, 0.05) is 32.2 Å². The highest BCUT2D eigenvalue weighted by atomic mass is 16.5. The normalized spacial score (nSPS) is 13.2. The van der Waals surface area contributed by atoms with Crippen LogP contribution < -0.4 is 5.32 Å². The van der Waals surface area contributed by atoms with E-state index in [0.717, 1.165) is 55.4 Å². The van der Waals surface area contributed by atoms with Crippen molar-refractivity contribution >= 4 is 22.8 Å². The molecule has 0 saturated carbocycles. The molecular formula is C25H40N4O3. The molecule has 0 fully saturated rings. The Hall–Kier alpha value is -2.41. The van der Waals surface area contributed by atoms with E-state index in [1.54, 1.807) is 0 Å². The molecule has 0 aliphatic rings. The number of hydrogen-bond acceptors (Lipinski definition) is 4. The van der Waals surface area contributed by atoms with E-state index in [1.807, 2.05) is 29.2 Å². The monoisotopic (exact) mass is 444 g/mol. The first-order valence-electron chi connectivity index (χ1n) is 11.9. The maximum atomic E-state index is 13.4. The molecule has 1 aromatic carbocycles. The summed E-state index contributed by atoms with van der Waals surface area (Å²) >= 11 is 0. The predicted molar refractivity (Wildman–Crippen MR) is 129 cm³/mol. The largest absolute Gasteiger partial charge is 0.375 e. The zero-order valence-electron chi connectivity index (χ0n) is 20.4. The number of nitrogens with zero attached hydrogens (tertiary/aromatic N) is 3. The summed E-state index contributed by atoms with van der Waals surface area (Å²) in [6.07, 6.45) is 5.53.